The van der Waals surface area contributed by atoms with Crippen molar-refractivity contribution in [3.05, 3.63) is 61.2 Å². The van der Waals surface area contributed by atoms with Crippen LogP contribution in [0.4, 0.5) is 0 Å². The van der Waals surface area contributed by atoms with Gasteiger partial charge in [-0.3, -0.25) is 19.2 Å². The summed E-state index contributed by atoms with van der Waals surface area (Å²) in [5.41, 5.74) is -0.443. The summed E-state index contributed by atoms with van der Waals surface area (Å²) in [7, 11) is 0. The van der Waals surface area contributed by atoms with E-state index >= 15 is 0 Å². The molecule has 1 spiro atoms. The fraction of sp³-hybridized carbons (Fsp3) is 0.600. The number of aliphatic hydroxyl groups is 1. The van der Waals surface area contributed by atoms with Crippen LogP contribution in [-0.2, 0) is 28.7 Å². The van der Waals surface area contributed by atoms with Gasteiger partial charge in [-0.25, -0.2) is 0 Å². The maximum absolute atomic E-state index is 14.5. The van der Waals surface area contributed by atoms with Gasteiger partial charge in [-0.1, -0.05) is 56.3 Å². The molecule has 10 nitrogen and oxygen atoms in total. The molecule has 1 aromatic carbocycles. The van der Waals surface area contributed by atoms with Crippen molar-refractivity contribution in [3.8, 4) is 0 Å². The number of benzene rings is 1. The molecule has 3 aliphatic heterocycles. The minimum atomic E-state index is -1.20. The van der Waals surface area contributed by atoms with Crippen LogP contribution in [0.5, 0.6) is 0 Å². The van der Waals surface area contributed by atoms with Crippen LogP contribution in [0.15, 0.2) is 55.6 Å². The van der Waals surface area contributed by atoms with Gasteiger partial charge in [0.05, 0.1) is 36.6 Å². The van der Waals surface area contributed by atoms with E-state index in [1.807, 2.05) is 58.0 Å². The Balaban J connectivity index is 1.68. The molecule has 10 heteroatoms. The number of esters is 1. The average Bonchev–Trinajstić information content (AvgIpc) is 3.66. The second-order valence-corrected chi connectivity index (χ2v) is 13.1. The molecule has 0 radical (unpaired) electrons. The summed E-state index contributed by atoms with van der Waals surface area (Å²) in [6, 6.07) is 6.82. The minimum Gasteiger partial charge on any atom is -0.463 e. The van der Waals surface area contributed by atoms with Crippen LogP contribution in [0.1, 0.15) is 71.4 Å². The molecule has 45 heavy (non-hydrogen) atoms. The number of hydrogen-bond acceptors (Lipinski definition) is 7. The van der Waals surface area contributed by atoms with Crippen molar-refractivity contribution in [3.63, 3.8) is 0 Å². The number of amides is 3. The molecule has 3 saturated heterocycles. The van der Waals surface area contributed by atoms with E-state index in [9.17, 15) is 24.3 Å². The Morgan fingerprint density at radius 3 is 2.49 bits per heavy atom. The fourth-order valence-electron chi connectivity index (χ4n) is 7.38. The smallest absolute Gasteiger partial charge is 0.306 e. The molecule has 2 N–H and O–H groups in total. The minimum absolute atomic E-state index is 0.0765. The lowest BCUT2D eigenvalue weighted by Gasteiger charge is -2.40. The molecule has 0 aromatic heterocycles. The Morgan fingerprint density at radius 1 is 1.18 bits per heavy atom. The first-order valence-electron chi connectivity index (χ1n) is 16.1. The summed E-state index contributed by atoms with van der Waals surface area (Å²) in [6.45, 7) is 15.2. The van der Waals surface area contributed by atoms with E-state index in [2.05, 4.69) is 18.5 Å². The van der Waals surface area contributed by atoms with Crippen LogP contribution in [-0.4, -0.2) is 88.2 Å². The zero-order valence-electron chi connectivity index (χ0n) is 27.0. The Morgan fingerprint density at radius 2 is 1.89 bits per heavy atom. The van der Waals surface area contributed by atoms with Crippen LogP contribution >= 0.6 is 0 Å². The van der Waals surface area contributed by atoms with Crippen LogP contribution in [0.2, 0.25) is 0 Å². The van der Waals surface area contributed by atoms with Crippen LogP contribution < -0.4 is 5.32 Å². The highest BCUT2D eigenvalue weighted by atomic mass is 16.5. The molecule has 2 bridgehead atoms. The number of ether oxygens (including phenoxy) is 2. The van der Waals surface area contributed by atoms with Gasteiger partial charge in [-0.2, -0.15) is 0 Å². The third-order valence-corrected chi connectivity index (χ3v) is 9.34. The van der Waals surface area contributed by atoms with Gasteiger partial charge in [0.15, 0.2) is 0 Å². The third kappa shape index (κ3) is 6.87. The topological polar surface area (TPSA) is 125 Å². The number of carbonyl (C=O) groups is 4. The molecule has 7 atom stereocenters. The normalized spacial score (nSPS) is 26.5. The fourth-order valence-corrected chi connectivity index (χ4v) is 7.38. The number of nitrogens with zero attached hydrogens (tertiary/aromatic N) is 2. The lowest BCUT2D eigenvalue weighted by molar-refractivity contribution is -0.152. The summed E-state index contributed by atoms with van der Waals surface area (Å²) in [6.07, 6.45) is 4.88. The Hall–Kier alpha value is -3.50. The van der Waals surface area contributed by atoms with Crippen molar-refractivity contribution >= 4 is 23.7 Å². The first-order chi connectivity index (χ1) is 21.5. The number of likely N-dealkylation sites (tertiary alicyclic amines) is 1. The van der Waals surface area contributed by atoms with Crippen LogP contribution in [0.3, 0.4) is 0 Å². The van der Waals surface area contributed by atoms with Crippen molar-refractivity contribution in [2.45, 2.75) is 95.7 Å². The Bertz CT molecular complexity index is 1250. The molecular formula is C35H49N3O7. The highest BCUT2D eigenvalue weighted by molar-refractivity contribution is 5.99. The first kappa shape index (κ1) is 34.4. The molecule has 4 rings (SSSR count). The van der Waals surface area contributed by atoms with Crippen molar-refractivity contribution in [1.82, 2.24) is 15.1 Å². The van der Waals surface area contributed by atoms with Crippen molar-refractivity contribution in [2.24, 2.45) is 17.8 Å². The number of aliphatic hydroxyl groups excluding tert-OH is 1. The highest BCUT2D eigenvalue weighted by Crippen LogP contribution is 2.59. The van der Waals surface area contributed by atoms with E-state index in [1.54, 1.807) is 17.1 Å². The van der Waals surface area contributed by atoms with E-state index < -0.39 is 47.6 Å². The van der Waals surface area contributed by atoms with E-state index in [0.717, 1.165) is 5.56 Å². The number of nitrogens with one attached hydrogen (secondary N) is 1. The summed E-state index contributed by atoms with van der Waals surface area (Å²) in [5.74, 6) is -2.99. The highest BCUT2D eigenvalue weighted by Gasteiger charge is 2.75. The monoisotopic (exact) mass is 623 g/mol. The number of rotatable bonds is 16. The number of hydrogen-bond donors (Lipinski definition) is 2. The Kier molecular flexibility index (Phi) is 11.3. The molecule has 0 saturated carbocycles. The molecule has 0 unspecified atom stereocenters. The quantitative estimate of drug-likeness (QED) is 0.213. The predicted molar refractivity (Wildman–Crippen MR) is 170 cm³/mol. The third-order valence-electron chi connectivity index (χ3n) is 9.34. The Labute approximate surface area is 266 Å². The van der Waals surface area contributed by atoms with Gasteiger partial charge < -0.3 is 29.7 Å². The van der Waals surface area contributed by atoms with E-state index in [4.69, 9.17) is 9.47 Å². The van der Waals surface area contributed by atoms with Gasteiger partial charge in [0.2, 0.25) is 17.7 Å². The maximum Gasteiger partial charge on any atom is 0.306 e. The van der Waals surface area contributed by atoms with Crippen molar-refractivity contribution in [2.75, 3.05) is 19.8 Å². The second-order valence-electron chi connectivity index (χ2n) is 13.1. The zero-order valence-corrected chi connectivity index (χ0v) is 27.0. The lowest BCUT2D eigenvalue weighted by atomic mass is 9.70. The largest absolute Gasteiger partial charge is 0.463 e. The number of fused-ring (bicyclic) bond motifs is 1. The van der Waals surface area contributed by atoms with Crippen LogP contribution in [0, 0.1) is 17.8 Å². The van der Waals surface area contributed by atoms with Crippen molar-refractivity contribution in [1.29, 1.82) is 0 Å². The van der Waals surface area contributed by atoms with Gasteiger partial charge in [-0.05, 0) is 51.0 Å². The van der Waals surface area contributed by atoms with E-state index in [0.29, 0.717) is 32.2 Å². The summed E-state index contributed by atoms with van der Waals surface area (Å²) in [5, 5.41) is 13.6. The summed E-state index contributed by atoms with van der Waals surface area (Å²) >= 11 is 0. The second kappa shape index (κ2) is 14.7. The standard InChI is InChI=1S/C35H49N3O7/c1-7-9-15-28(40)44-21-26(24-13-11-10-12-14-24)36-32(41)29-27-16-17-35(45-27)30(29)33(42)38(25(20-39)19-22(3)4)31(35)34(43)37(18-8-2)23(5)6/h7-8,10-14,22-23,25-27,29-31,39H,1-2,9,15-21H2,3-6H3,(H,36,41)/t25-,26-,27+,29-,30-,31+,35-/m1/s1. The summed E-state index contributed by atoms with van der Waals surface area (Å²) < 4.78 is 12.1. The predicted octanol–water partition coefficient (Wildman–Crippen LogP) is 3.56. The van der Waals surface area contributed by atoms with E-state index in [-0.39, 0.29) is 49.3 Å². The molecule has 3 heterocycles. The van der Waals surface area contributed by atoms with Gasteiger partial charge in [0.1, 0.15) is 18.2 Å². The number of carbonyl (C=O) groups excluding carboxylic acids is 4. The van der Waals surface area contributed by atoms with Gasteiger partial charge in [-0.15, -0.1) is 13.2 Å². The van der Waals surface area contributed by atoms with Gasteiger partial charge in [0.25, 0.3) is 0 Å². The average molecular weight is 624 g/mol. The molecule has 1 aromatic rings. The van der Waals surface area contributed by atoms with Gasteiger partial charge in [0, 0.05) is 19.0 Å². The summed E-state index contributed by atoms with van der Waals surface area (Å²) in [4.78, 5) is 58.6. The molecule has 0 aliphatic carbocycles. The lowest BCUT2D eigenvalue weighted by Crippen LogP contribution is -2.60. The zero-order chi connectivity index (χ0) is 32.9. The van der Waals surface area contributed by atoms with Crippen molar-refractivity contribution < 1.29 is 33.8 Å². The maximum atomic E-state index is 14.5. The molecule has 3 amide bonds. The van der Waals surface area contributed by atoms with Gasteiger partial charge >= 0.3 is 5.97 Å². The first-order valence-corrected chi connectivity index (χ1v) is 16.1. The molecule has 246 valence electrons. The number of allylic oxidation sites excluding steroid dienone is 1. The molecule has 3 fully saturated rings. The molecule has 3 aliphatic rings. The SMILES string of the molecule is C=CCCC(=O)OC[C@@H](NC(=O)[C@@H]1[C@@H]2CC[C@]3(O2)[C@H](C(=O)N(CC=C)C(C)C)N([C@@H](CO)CC(C)C)C(=O)[C@@H]13)c1ccccc1. The van der Waals surface area contributed by atoms with Crippen LogP contribution in [0.25, 0.3) is 0 Å². The molecular weight excluding hydrogens is 574 g/mol. The van der Waals surface area contributed by atoms with E-state index in [1.165, 1.54) is 4.90 Å².